The summed E-state index contributed by atoms with van der Waals surface area (Å²) in [4.78, 5) is 33.3. The normalized spacial score (nSPS) is 20.0. The lowest BCUT2D eigenvalue weighted by molar-refractivity contribution is -0.137. The van der Waals surface area contributed by atoms with Crippen LogP contribution in [0.5, 0.6) is 0 Å². The van der Waals surface area contributed by atoms with Crippen molar-refractivity contribution in [2.45, 2.75) is 38.5 Å². The van der Waals surface area contributed by atoms with Crippen LogP contribution < -0.4 is 5.32 Å². The number of aryl methyl sites for hydroxylation is 1. The molecule has 1 N–H and O–H groups in total. The highest BCUT2D eigenvalue weighted by molar-refractivity contribution is 7.10. The number of hydrogen-bond donors (Lipinski definition) is 1. The van der Waals surface area contributed by atoms with Crippen LogP contribution in [0.2, 0.25) is 0 Å². The lowest BCUT2D eigenvalue weighted by Crippen LogP contribution is -2.58. The van der Waals surface area contributed by atoms with E-state index in [1.807, 2.05) is 6.92 Å². The highest BCUT2D eigenvalue weighted by Crippen LogP contribution is 2.38. The van der Waals surface area contributed by atoms with Gasteiger partial charge in [-0.2, -0.15) is 13.2 Å². The number of amides is 3. The van der Waals surface area contributed by atoms with Gasteiger partial charge in [-0.15, -0.1) is 11.3 Å². The van der Waals surface area contributed by atoms with E-state index in [0.29, 0.717) is 19.6 Å². The lowest BCUT2D eigenvalue weighted by Gasteiger charge is -2.41. The number of fused-ring (bicyclic) bond motifs is 1. The van der Waals surface area contributed by atoms with Crippen molar-refractivity contribution in [2.24, 2.45) is 0 Å². The molecule has 0 spiro atoms. The molecule has 0 unspecified atom stereocenters. The molecule has 0 radical (unpaired) electrons. The molecule has 1 saturated heterocycles. The SMILES string of the molecule is Cc1ccc([C@@H]2c3ccsc3CCN2CC(=O)N2CCN(C(=O)Nc3cccc(C(F)(F)F)c3)[C@H](C)C2)cc1. The Bertz CT molecular complexity index is 1340. The molecule has 10 heteroatoms. The maximum atomic E-state index is 13.5. The van der Waals surface area contributed by atoms with Crippen LogP contribution >= 0.6 is 11.3 Å². The van der Waals surface area contributed by atoms with E-state index in [1.54, 1.807) is 21.1 Å². The molecule has 3 aromatic rings. The van der Waals surface area contributed by atoms with E-state index in [4.69, 9.17) is 0 Å². The van der Waals surface area contributed by atoms with Crippen LogP contribution in [0.1, 0.15) is 40.1 Å². The number of alkyl halides is 3. The van der Waals surface area contributed by atoms with Gasteiger partial charge in [0.1, 0.15) is 0 Å². The summed E-state index contributed by atoms with van der Waals surface area (Å²) >= 11 is 1.76. The number of nitrogens with one attached hydrogen (secondary N) is 1. The van der Waals surface area contributed by atoms with Crippen LogP contribution in [0.15, 0.2) is 60.0 Å². The molecular weight excluding hydrogens is 525 g/mol. The number of piperazine rings is 1. The van der Waals surface area contributed by atoms with E-state index in [9.17, 15) is 22.8 Å². The Kier molecular flexibility index (Phi) is 7.68. The number of carbonyl (C=O) groups excluding carboxylic acids is 2. The summed E-state index contributed by atoms with van der Waals surface area (Å²) in [6, 6.07) is 14.5. The van der Waals surface area contributed by atoms with Crippen molar-refractivity contribution in [3.05, 3.63) is 87.1 Å². The molecule has 2 aliphatic rings. The van der Waals surface area contributed by atoms with Gasteiger partial charge in [-0.1, -0.05) is 35.9 Å². The summed E-state index contributed by atoms with van der Waals surface area (Å²) in [6.45, 7) is 5.99. The molecule has 0 aliphatic carbocycles. The van der Waals surface area contributed by atoms with Crippen molar-refractivity contribution < 1.29 is 22.8 Å². The van der Waals surface area contributed by atoms with Gasteiger partial charge < -0.3 is 15.1 Å². The summed E-state index contributed by atoms with van der Waals surface area (Å²) < 4.78 is 39.1. The third-order valence-corrected chi connectivity index (χ3v) is 8.48. The fraction of sp³-hybridized carbons (Fsp3) is 0.379. The molecule has 206 valence electrons. The quantitative estimate of drug-likeness (QED) is 0.443. The first-order valence-corrected chi connectivity index (χ1v) is 13.9. The van der Waals surface area contributed by atoms with Crippen LogP contribution in [0.4, 0.5) is 23.7 Å². The van der Waals surface area contributed by atoms with E-state index in [2.05, 4.69) is 52.9 Å². The second-order valence-electron chi connectivity index (χ2n) is 10.2. The number of benzene rings is 2. The molecule has 1 aromatic heterocycles. The monoisotopic (exact) mass is 556 g/mol. The zero-order valence-electron chi connectivity index (χ0n) is 21.9. The zero-order chi connectivity index (χ0) is 27.7. The molecule has 2 aliphatic heterocycles. The number of carbonyl (C=O) groups is 2. The summed E-state index contributed by atoms with van der Waals surface area (Å²) in [5.74, 6) is 0.00979. The Balaban J connectivity index is 1.22. The topological polar surface area (TPSA) is 55.9 Å². The first-order valence-electron chi connectivity index (χ1n) is 13.0. The molecule has 1 fully saturated rings. The fourth-order valence-corrected chi connectivity index (χ4v) is 6.31. The Labute approximate surface area is 230 Å². The van der Waals surface area contributed by atoms with Gasteiger partial charge in [-0.05, 0) is 61.0 Å². The van der Waals surface area contributed by atoms with Crippen molar-refractivity contribution >= 4 is 29.0 Å². The Hall–Kier alpha value is -3.37. The van der Waals surface area contributed by atoms with Crippen LogP contribution in [-0.4, -0.2) is 65.4 Å². The van der Waals surface area contributed by atoms with Crippen molar-refractivity contribution in [3.63, 3.8) is 0 Å². The minimum atomic E-state index is -4.49. The molecule has 0 saturated carbocycles. The Morgan fingerprint density at radius 1 is 1.05 bits per heavy atom. The van der Waals surface area contributed by atoms with Crippen LogP contribution in [0.25, 0.3) is 0 Å². The zero-order valence-corrected chi connectivity index (χ0v) is 22.7. The summed E-state index contributed by atoms with van der Waals surface area (Å²) in [5.41, 5.74) is 2.87. The maximum absolute atomic E-state index is 13.5. The lowest BCUT2D eigenvalue weighted by atomic mass is 9.92. The molecular formula is C29H31F3N4O2S. The third kappa shape index (κ3) is 5.96. The van der Waals surface area contributed by atoms with Crippen molar-refractivity contribution in [1.82, 2.24) is 14.7 Å². The van der Waals surface area contributed by atoms with E-state index < -0.39 is 17.8 Å². The van der Waals surface area contributed by atoms with Gasteiger partial charge in [0.25, 0.3) is 0 Å². The van der Waals surface area contributed by atoms with E-state index in [-0.39, 0.29) is 30.2 Å². The summed E-state index contributed by atoms with van der Waals surface area (Å²) in [7, 11) is 0. The third-order valence-electron chi connectivity index (χ3n) is 7.48. The number of thiophene rings is 1. The molecule has 3 amide bonds. The Morgan fingerprint density at radius 3 is 2.54 bits per heavy atom. The second-order valence-corrected chi connectivity index (χ2v) is 11.2. The standard InChI is InChI=1S/C29H31F3N4O2S/c1-19-6-8-21(9-7-19)27-24-11-15-39-25(24)10-12-35(27)18-26(37)34-13-14-36(20(2)17-34)28(38)33-23-5-3-4-22(16-23)29(30,31)32/h3-9,11,15-16,20,27H,10,12-14,17-18H2,1-2H3,(H,33,38)/t20-,27-/m1/s1. The average Bonchev–Trinajstić information content (AvgIpc) is 3.38. The van der Waals surface area contributed by atoms with E-state index >= 15 is 0 Å². The number of halogens is 3. The van der Waals surface area contributed by atoms with Gasteiger partial charge in [0, 0.05) is 42.8 Å². The maximum Gasteiger partial charge on any atom is 0.416 e. The molecule has 2 atom stereocenters. The Morgan fingerprint density at radius 2 is 1.82 bits per heavy atom. The number of nitrogens with zero attached hydrogens (tertiary/aromatic N) is 3. The van der Waals surface area contributed by atoms with Gasteiger partial charge in [0.2, 0.25) is 5.91 Å². The van der Waals surface area contributed by atoms with Gasteiger partial charge in [0.15, 0.2) is 0 Å². The predicted molar refractivity (Wildman–Crippen MR) is 146 cm³/mol. The molecule has 6 nitrogen and oxygen atoms in total. The molecule has 3 heterocycles. The van der Waals surface area contributed by atoms with Crippen LogP contribution in [0.3, 0.4) is 0 Å². The van der Waals surface area contributed by atoms with Crippen molar-refractivity contribution in [2.75, 3.05) is 38.0 Å². The van der Waals surface area contributed by atoms with Gasteiger partial charge in [-0.3, -0.25) is 9.69 Å². The van der Waals surface area contributed by atoms with E-state index in [0.717, 1.165) is 30.7 Å². The molecule has 5 rings (SSSR count). The predicted octanol–water partition coefficient (Wildman–Crippen LogP) is 5.79. The second kappa shape index (κ2) is 11.0. The first kappa shape index (κ1) is 27.2. The molecule has 0 bridgehead atoms. The van der Waals surface area contributed by atoms with Crippen LogP contribution in [-0.2, 0) is 17.4 Å². The average molecular weight is 557 g/mol. The van der Waals surface area contributed by atoms with E-state index in [1.165, 1.54) is 28.1 Å². The van der Waals surface area contributed by atoms with Gasteiger partial charge >= 0.3 is 12.2 Å². The van der Waals surface area contributed by atoms with Crippen LogP contribution in [0, 0.1) is 6.92 Å². The fourth-order valence-electron chi connectivity index (χ4n) is 5.41. The number of hydrogen-bond acceptors (Lipinski definition) is 4. The number of urea groups is 1. The highest BCUT2D eigenvalue weighted by atomic mass is 32.1. The number of anilines is 1. The minimum Gasteiger partial charge on any atom is -0.338 e. The first-order chi connectivity index (χ1) is 18.6. The molecule has 39 heavy (non-hydrogen) atoms. The minimum absolute atomic E-state index is 0.00979. The van der Waals surface area contributed by atoms with Gasteiger partial charge in [0.05, 0.1) is 18.2 Å². The largest absolute Gasteiger partial charge is 0.416 e. The smallest absolute Gasteiger partial charge is 0.338 e. The summed E-state index contributed by atoms with van der Waals surface area (Å²) in [6.07, 6.45) is -3.58. The molecule has 2 aromatic carbocycles. The highest BCUT2D eigenvalue weighted by Gasteiger charge is 2.35. The summed E-state index contributed by atoms with van der Waals surface area (Å²) in [5, 5.41) is 4.69. The van der Waals surface area contributed by atoms with Crippen molar-refractivity contribution in [1.29, 1.82) is 0 Å². The number of rotatable bonds is 4. The van der Waals surface area contributed by atoms with Gasteiger partial charge in [-0.25, -0.2) is 4.79 Å². The van der Waals surface area contributed by atoms with Crippen molar-refractivity contribution in [3.8, 4) is 0 Å².